The summed E-state index contributed by atoms with van der Waals surface area (Å²) in [6, 6.07) is 0.566. The average molecular weight is 281 g/mol. The van der Waals surface area contributed by atoms with Gasteiger partial charge in [0.15, 0.2) is 0 Å². The molecule has 2 aliphatic rings. The minimum absolute atomic E-state index is 0.0812. The van der Waals surface area contributed by atoms with E-state index >= 15 is 0 Å². The van der Waals surface area contributed by atoms with Gasteiger partial charge in [0, 0.05) is 11.6 Å². The van der Waals surface area contributed by atoms with Gasteiger partial charge in [0.2, 0.25) is 0 Å². The molecule has 1 unspecified atom stereocenters. The van der Waals surface area contributed by atoms with Gasteiger partial charge in [0.05, 0.1) is 6.42 Å². The predicted molar refractivity (Wildman–Crippen MR) is 81.9 cm³/mol. The van der Waals surface area contributed by atoms with E-state index in [4.69, 9.17) is 0 Å². The van der Waals surface area contributed by atoms with Crippen LogP contribution in [0.1, 0.15) is 78.1 Å². The van der Waals surface area contributed by atoms with E-state index in [-0.39, 0.29) is 5.54 Å². The Morgan fingerprint density at radius 3 is 2.35 bits per heavy atom. The van der Waals surface area contributed by atoms with Crippen LogP contribution in [0.25, 0.3) is 0 Å². The predicted octanol–water partition coefficient (Wildman–Crippen LogP) is 4.06. The van der Waals surface area contributed by atoms with Gasteiger partial charge in [0.25, 0.3) is 0 Å². The molecule has 0 aromatic carbocycles. The van der Waals surface area contributed by atoms with Gasteiger partial charge in [-0.05, 0) is 44.6 Å². The second kappa shape index (κ2) is 6.05. The molecule has 0 bridgehead atoms. The van der Waals surface area contributed by atoms with E-state index in [2.05, 4.69) is 25.8 Å². The van der Waals surface area contributed by atoms with Crippen LogP contribution in [-0.2, 0) is 4.79 Å². The molecular formula is C17H31NO2. The van der Waals surface area contributed by atoms with Crippen molar-refractivity contribution in [2.24, 2.45) is 5.41 Å². The van der Waals surface area contributed by atoms with Crippen LogP contribution in [0.5, 0.6) is 0 Å². The molecule has 0 heterocycles. The lowest BCUT2D eigenvalue weighted by Gasteiger charge is -2.50. The fraction of sp³-hybridized carbons (Fsp3) is 0.941. The Morgan fingerprint density at radius 1 is 1.15 bits per heavy atom. The lowest BCUT2D eigenvalue weighted by Crippen LogP contribution is -2.55. The number of carbonyl (C=O) groups is 1. The van der Waals surface area contributed by atoms with Crippen molar-refractivity contribution in [3.63, 3.8) is 0 Å². The first-order valence-electron chi connectivity index (χ1n) is 8.29. The minimum Gasteiger partial charge on any atom is -0.481 e. The van der Waals surface area contributed by atoms with Gasteiger partial charge in [-0.3, -0.25) is 9.69 Å². The Kier molecular flexibility index (Phi) is 4.78. The summed E-state index contributed by atoms with van der Waals surface area (Å²) >= 11 is 0. The van der Waals surface area contributed by atoms with Gasteiger partial charge >= 0.3 is 5.97 Å². The SMILES string of the molecule is CN(C1CCCC(C)(C)C1)C1(CC(=O)O)CCCCC1. The summed E-state index contributed by atoms with van der Waals surface area (Å²) in [7, 11) is 2.19. The van der Waals surface area contributed by atoms with Gasteiger partial charge in [-0.1, -0.05) is 39.5 Å². The van der Waals surface area contributed by atoms with E-state index < -0.39 is 5.97 Å². The zero-order chi connectivity index (χ0) is 14.8. The highest BCUT2D eigenvalue weighted by molar-refractivity contribution is 5.68. The molecule has 1 atom stereocenters. The first-order valence-corrected chi connectivity index (χ1v) is 8.29. The summed E-state index contributed by atoms with van der Waals surface area (Å²) in [4.78, 5) is 13.8. The van der Waals surface area contributed by atoms with Crippen molar-refractivity contribution in [1.82, 2.24) is 4.90 Å². The van der Waals surface area contributed by atoms with Crippen LogP contribution >= 0.6 is 0 Å². The standard InChI is InChI=1S/C17H31NO2/c1-16(2)9-7-8-14(12-16)18(3)17(13-15(19)20)10-5-4-6-11-17/h14H,4-13H2,1-3H3,(H,19,20). The number of hydrogen-bond donors (Lipinski definition) is 1. The molecule has 2 saturated carbocycles. The molecule has 0 spiro atoms. The van der Waals surface area contributed by atoms with Gasteiger partial charge in [-0.25, -0.2) is 0 Å². The van der Waals surface area contributed by atoms with E-state index in [0.717, 1.165) is 12.8 Å². The quantitative estimate of drug-likeness (QED) is 0.844. The molecule has 0 aromatic heterocycles. The molecule has 0 amide bonds. The van der Waals surface area contributed by atoms with E-state index in [1.807, 2.05) is 0 Å². The normalized spacial score (nSPS) is 29.3. The molecule has 0 saturated heterocycles. The third-order valence-electron chi connectivity index (χ3n) is 5.74. The maximum absolute atomic E-state index is 11.4. The first-order chi connectivity index (χ1) is 9.35. The fourth-order valence-electron chi connectivity index (χ4n) is 4.52. The zero-order valence-corrected chi connectivity index (χ0v) is 13.5. The van der Waals surface area contributed by atoms with Crippen LogP contribution in [0.3, 0.4) is 0 Å². The molecule has 3 nitrogen and oxygen atoms in total. The van der Waals surface area contributed by atoms with Crippen LogP contribution in [0.2, 0.25) is 0 Å². The summed E-state index contributed by atoms with van der Waals surface area (Å²) in [6.45, 7) is 4.72. The second-order valence-electron chi connectivity index (χ2n) is 7.88. The van der Waals surface area contributed by atoms with Gasteiger partial charge in [-0.15, -0.1) is 0 Å². The van der Waals surface area contributed by atoms with Crippen molar-refractivity contribution in [3.8, 4) is 0 Å². The van der Waals surface area contributed by atoms with Crippen molar-refractivity contribution in [3.05, 3.63) is 0 Å². The van der Waals surface area contributed by atoms with Gasteiger partial charge in [-0.2, -0.15) is 0 Å². The molecule has 116 valence electrons. The Labute approximate surface area is 123 Å². The molecule has 3 heteroatoms. The minimum atomic E-state index is -0.631. The first kappa shape index (κ1) is 15.8. The van der Waals surface area contributed by atoms with Crippen LogP contribution in [0.4, 0.5) is 0 Å². The van der Waals surface area contributed by atoms with Crippen LogP contribution < -0.4 is 0 Å². The molecule has 0 aliphatic heterocycles. The molecular weight excluding hydrogens is 250 g/mol. The number of carboxylic acids is 1. The Morgan fingerprint density at radius 2 is 1.80 bits per heavy atom. The van der Waals surface area contributed by atoms with Gasteiger partial charge in [0.1, 0.15) is 0 Å². The topological polar surface area (TPSA) is 40.5 Å². The summed E-state index contributed by atoms with van der Waals surface area (Å²) < 4.78 is 0. The molecule has 1 N–H and O–H groups in total. The number of carboxylic acid groups (broad SMARTS) is 1. The zero-order valence-electron chi connectivity index (χ0n) is 13.5. The summed E-state index contributed by atoms with van der Waals surface area (Å²) in [6.07, 6.45) is 11.1. The van der Waals surface area contributed by atoms with Crippen LogP contribution in [0, 0.1) is 5.41 Å². The van der Waals surface area contributed by atoms with Crippen LogP contribution in [-0.4, -0.2) is 34.6 Å². The maximum atomic E-state index is 11.4. The highest BCUT2D eigenvalue weighted by atomic mass is 16.4. The average Bonchev–Trinajstić information content (AvgIpc) is 2.37. The lowest BCUT2D eigenvalue weighted by atomic mass is 9.71. The number of nitrogens with zero attached hydrogens (tertiary/aromatic N) is 1. The van der Waals surface area contributed by atoms with E-state index in [1.54, 1.807) is 0 Å². The summed E-state index contributed by atoms with van der Waals surface area (Å²) in [5.74, 6) is -0.631. The Bertz CT molecular complexity index is 345. The molecule has 2 aliphatic carbocycles. The number of hydrogen-bond acceptors (Lipinski definition) is 2. The highest BCUT2D eigenvalue weighted by Gasteiger charge is 2.42. The summed E-state index contributed by atoms with van der Waals surface area (Å²) in [5, 5.41) is 9.35. The smallest absolute Gasteiger partial charge is 0.305 e. The van der Waals surface area contributed by atoms with E-state index in [1.165, 1.54) is 44.9 Å². The molecule has 2 fully saturated rings. The van der Waals surface area contributed by atoms with E-state index in [0.29, 0.717) is 17.9 Å². The highest BCUT2D eigenvalue weighted by Crippen LogP contribution is 2.43. The number of aliphatic carboxylic acids is 1. The second-order valence-corrected chi connectivity index (χ2v) is 7.88. The number of rotatable bonds is 4. The molecule has 2 rings (SSSR count). The van der Waals surface area contributed by atoms with Crippen molar-refractivity contribution >= 4 is 5.97 Å². The van der Waals surface area contributed by atoms with Crippen molar-refractivity contribution in [2.75, 3.05) is 7.05 Å². The van der Waals surface area contributed by atoms with Crippen molar-refractivity contribution in [2.45, 2.75) is 89.6 Å². The Balaban J connectivity index is 2.13. The monoisotopic (exact) mass is 281 g/mol. The Hall–Kier alpha value is -0.570. The fourth-order valence-corrected chi connectivity index (χ4v) is 4.52. The molecule has 0 aromatic rings. The molecule has 20 heavy (non-hydrogen) atoms. The third kappa shape index (κ3) is 3.55. The largest absolute Gasteiger partial charge is 0.481 e. The van der Waals surface area contributed by atoms with Crippen LogP contribution in [0.15, 0.2) is 0 Å². The summed E-state index contributed by atoms with van der Waals surface area (Å²) in [5.41, 5.74) is 0.332. The maximum Gasteiger partial charge on any atom is 0.305 e. The van der Waals surface area contributed by atoms with Crippen molar-refractivity contribution in [1.29, 1.82) is 0 Å². The van der Waals surface area contributed by atoms with Gasteiger partial charge < -0.3 is 5.11 Å². The lowest BCUT2D eigenvalue weighted by molar-refractivity contribution is -0.142. The van der Waals surface area contributed by atoms with Crippen molar-refractivity contribution < 1.29 is 9.90 Å². The molecule has 0 radical (unpaired) electrons. The van der Waals surface area contributed by atoms with E-state index in [9.17, 15) is 9.90 Å². The third-order valence-corrected chi connectivity index (χ3v) is 5.74.